The maximum Gasteiger partial charge on any atom is 0.240 e. The number of rotatable bonds is 6. The van der Waals surface area contributed by atoms with Gasteiger partial charge in [0.1, 0.15) is 0 Å². The van der Waals surface area contributed by atoms with Crippen molar-refractivity contribution in [1.82, 2.24) is 15.5 Å². The molecule has 14 heavy (non-hydrogen) atoms. The van der Waals surface area contributed by atoms with E-state index in [2.05, 4.69) is 15.5 Å². The summed E-state index contributed by atoms with van der Waals surface area (Å²) in [6.07, 6.45) is -0.510. The molecule has 0 aromatic carbocycles. The van der Waals surface area contributed by atoms with Crippen LogP contribution in [0.15, 0.2) is 4.52 Å². The number of aromatic nitrogens is 2. The van der Waals surface area contributed by atoms with Crippen molar-refractivity contribution in [3.63, 3.8) is 0 Å². The SMILES string of the molecule is COCC(O)CNCc1nc(C)no1. The van der Waals surface area contributed by atoms with Crippen LogP contribution >= 0.6 is 0 Å². The number of hydrogen-bond donors (Lipinski definition) is 2. The molecule has 0 bridgehead atoms. The molecule has 0 spiro atoms. The standard InChI is InChI=1S/C8H15N3O3/c1-6-10-8(14-11-6)4-9-3-7(12)5-13-2/h7,9,12H,3-5H2,1-2H3. The molecule has 0 saturated heterocycles. The lowest BCUT2D eigenvalue weighted by Gasteiger charge is -2.08. The van der Waals surface area contributed by atoms with Crippen molar-refractivity contribution in [2.75, 3.05) is 20.3 Å². The van der Waals surface area contributed by atoms with Gasteiger partial charge in [-0.25, -0.2) is 0 Å². The number of nitrogens with zero attached hydrogens (tertiary/aromatic N) is 2. The lowest BCUT2D eigenvalue weighted by Crippen LogP contribution is -2.29. The van der Waals surface area contributed by atoms with Crippen molar-refractivity contribution in [3.05, 3.63) is 11.7 Å². The number of nitrogens with one attached hydrogen (secondary N) is 1. The molecule has 2 N–H and O–H groups in total. The van der Waals surface area contributed by atoms with Gasteiger partial charge < -0.3 is 19.7 Å². The second kappa shape index (κ2) is 5.69. The Hall–Kier alpha value is -0.980. The van der Waals surface area contributed by atoms with E-state index in [1.54, 1.807) is 14.0 Å². The van der Waals surface area contributed by atoms with Crippen LogP contribution in [0.2, 0.25) is 0 Å². The van der Waals surface area contributed by atoms with E-state index >= 15 is 0 Å². The monoisotopic (exact) mass is 201 g/mol. The lowest BCUT2D eigenvalue weighted by molar-refractivity contribution is 0.0639. The Labute approximate surface area is 82.3 Å². The summed E-state index contributed by atoms with van der Waals surface area (Å²) >= 11 is 0. The summed E-state index contributed by atoms with van der Waals surface area (Å²) in [4.78, 5) is 4.00. The Kier molecular flexibility index (Phi) is 4.51. The third-order valence-corrected chi connectivity index (χ3v) is 1.58. The fourth-order valence-electron chi connectivity index (χ4n) is 1.01. The molecule has 0 amide bonds. The van der Waals surface area contributed by atoms with E-state index in [0.717, 1.165) is 0 Å². The van der Waals surface area contributed by atoms with Gasteiger partial charge in [-0.3, -0.25) is 0 Å². The molecule has 0 radical (unpaired) electrons. The van der Waals surface area contributed by atoms with E-state index in [4.69, 9.17) is 9.26 Å². The summed E-state index contributed by atoms with van der Waals surface area (Å²) in [6.45, 7) is 2.97. The van der Waals surface area contributed by atoms with Crippen LogP contribution in [0.3, 0.4) is 0 Å². The summed E-state index contributed by atoms with van der Waals surface area (Å²) in [7, 11) is 1.55. The van der Waals surface area contributed by atoms with E-state index in [0.29, 0.717) is 31.4 Å². The maximum atomic E-state index is 9.28. The number of methoxy groups -OCH3 is 1. The first-order valence-electron chi connectivity index (χ1n) is 4.39. The van der Waals surface area contributed by atoms with Gasteiger partial charge >= 0.3 is 0 Å². The first kappa shape index (κ1) is 11.1. The molecular weight excluding hydrogens is 186 g/mol. The van der Waals surface area contributed by atoms with E-state index in [-0.39, 0.29) is 0 Å². The van der Waals surface area contributed by atoms with Crippen LogP contribution in [0.4, 0.5) is 0 Å². The highest BCUT2D eigenvalue weighted by atomic mass is 16.5. The molecule has 1 unspecified atom stereocenters. The average molecular weight is 201 g/mol. The number of aliphatic hydroxyl groups excluding tert-OH is 1. The fraction of sp³-hybridized carbons (Fsp3) is 0.750. The summed E-state index contributed by atoms with van der Waals surface area (Å²) in [6, 6.07) is 0. The first-order valence-corrected chi connectivity index (χ1v) is 4.39. The van der Waals surface area contributed by atoms with Crippen LogP contribution in [0, 0.1) is 6.92 Å². The van der Waals surface area contributed by atoms with Crippen molar-refractivity contribution in [2.24, 2.45) is 0 Å². The zero-order valence-electron chi connectivity index (χ0n) is 8.36. The van der Waals surface area contributed by atoms with Gasteiger partial charge in [0, 0.05) is 13.7 Å². The molecule has 0 aliphatic carbocycles. The van der Waals surface area contributed by atoms with Crippen molar-refractivity contribution in [3.8, 4) is 0 Å². The van der Waals surface area contributed by atoms with Crippen LogP contribution in [-0.2, 0) is 11.3 Å². The summed E-state index contributed by atoms with van der Waals surface area (Å²) in [5, 5.41) is 15.9. The molecule has 0 fully saturated rings. The lowest BCUT2D eigenvalue weighted by atomic mass is 10.4. The van der Waals surface area contributed by atoms with Crippen molar-refractivity contribution in [1.29, 1.82) is 0 Å². The zero-order valence-corrected chi connectivity index (χ0v) is 8.36. The molecule has 1 aromatic rings. The van der Waals surface area contributed by atoms with Crippen LogP contribution in [-0.4, -0.2) is 41.6 Å². The molecule has 1 rings (SSSR count). The highest BCUT2D eigenvalue weighted by molar-refractivity contribution is 4.81. The molecule has 1 heterocycles. The van der Waals surface area contributed by atoms with Gasteiger partial charge in [-0.15, -0.1) is 0 Å². The van der Waals surface area contributed by atoms with E-state index in [9.17, 15) is 5.11 Å². The quantitative estimate of drug-likeness (QED) is 0.644. The number of aryl methyl sites for hydroxylation is 1. The summed E-state index contributed by atoms with van der Waals surface area (Å²) in [5.41, 5.74) is 0. The highest BCUT2D eigenvalue weighted by Gasteiger charge is 2.05. The van der Waals surface area contributed by atoms with Crippen LogP contribution < -0.4 is 5.32 Å². The van der Waals surface area contributed by atoms with Crippen LogP contribution in [0.5, 0.6) is 0 Å². The Morgan fingerprint density at radius 3 is 3.00 bits per heavy atom. The van der Waals surface area contributed by atoms with Gasteiger partial charge in [0.25, 0.3) is 0 Å². The predicted octanol–water partition coefficient (Wildman–Crippen LogP) is -0.525. The molecule has 0 saturated carbocycles. The molecule has 80 valence electrons. The Morgan fingerprint density at radius 2 is 2.43 bits per heavy atom. The largest absolute Gasteiger partial charge is 0.389 e. The van der Waals surface area contributed by atoms with E-state index < -0.39 is 6.10 Å². The smallest absolute Gasteiger partial charge is 0.240 e. The first-order chi connectivity index (χ1) is 6.72. The van der Waals surface area contributed by atoms with E-state index in [1.165, 1.54) is 0 Å². The van der Waals surface area contributed by atoms with Gasteiger partial charge in [0.15, 0.2) is 5.82 Å². The molecule has 0 aliphatic heterocycles. The van der Waals surface area contributed by atoms with Crippen LogP contribution in [0.1, 0.15) is 11.7 Å². The molecule has 1 aromatic heterocycles. The van der Waals surface area contributed by atoms with Gasteiger partial charge in [-0.1, -0.05) is 5.16 Å². The second-order valence-corrected chi connectivity index (χ2v) is 2.98. The topological polar surface area (TPSA) is 80.4 Å². The average Bonchev–Trinajstić information content (AvgIpc) is 2.52. The molecule has 6 heteroatoms. The van der Waals surface area contributed by atoms with Crippen molar-refractivity contribution < 1.29 is 14.4 Å². The number of ether oxygens (including phenoxy) is 1. The minimum absolute atomic E-state index is 0.315. The Bertz CT molecular complexity index is 264. The summed E-state index contributed by atoms with van der Waals surface area (Å²) in [5.74, 6) is 1.13. The molecular formula is C8H15N3O3. The van der Waals surface area contributed by atoms with Gasteiger partial charge in [-0.2, -0.15) is 4.98 Å². The van der Waals surface area contributed by atoms with Crippen molar-refractivity contribution in [2.45, 2.75) is 19.6 Å². The predicted molar refractivity (Wildman–Crippen MR) is 48.6 cm³/mol. The Morgan fingerprint density at radius 1 is 1.64 bits per heavy atom. The second-order valence-electron chi connectivity index (χ2n) is 2.98. The molecule has 6 nitrogen and oxygen atoms in total. The zero-order chi connectivity index (χ0) is 10.4. The highest BCUT2D eigenvalue weighted by Crippen LogP contribution is 1.94. The van der Waals surface area contributed by atoms with Gasteiger partial charge in [-0.05, 0) is 6.92 Å². The maximum absolute atomic E-state index is 9.28. The van der Waals surface area contributed by atoms with E-state index in [1.807, 2.05) is 0 Å². The minimum Gasteiger partial charge on any atom is -0.389 e. The number of hydrogen-bond acceptors (Lipinski definition) is 6. The fourth-order valence-corrected chi connectivity index (χ4v) is 1.01. The minimum atomic E-state index is -0.510. The molecule has 1 atom stereocenters. The normalized spacial score (nSPS) is 13.1. The van der Waals surface area contributed by atoms with Crippen molar-refractivity contribution >= 4 is 0 Å². The Balaban J connectivity index is 2.15. The third-order valence-electron chi connectivity index (χ3n) is 1.58. The molecule has 0 aliphatic rings. The number of aliphatic hydroxyl groups is 1. The van der Waals surface area contributed by atoms with Gasteiger partial charge in [0.05, 0.1) is 19.3 Å². The van der Waals surface area contributed by atoms with Gasteiger partial charge in [0.2, 0.25) is 5.89 Å². The summed E-state index contributed by atoms with van der Waals surface area (Å²) < 4.78 is 9.64. The third kappa shape index (κ3) is 3.82. The van der Waals surface area contributed by atoms with Crippen LogP contribution in [0.25, 0.3) is 0 Å².